The highest BCUT2D eigenvalue weighted by molar-refractivity contribution is 7.92. The summed E-state index contributed by atoms with van der Waals surface area (Å²) in [5, 5.41) is 8.04. The van der Waals surface area contributed by atoms with Gasteiger partial charge in [0.25, 0.3) is 15.9 Å². The summed E-state index contributed by atoms with van der Waals surface area (Å²) in [5.41, 5.74) is 3.32. The Morgan fingerprint density at radius 3 is 2.79 bits per heavy atom. The lowest BCUT2D eigenvalue weighted by molar-refractivity contribution is -0.115. The van der Waals surface area contributed by atoms with E-state index in [-0.39, 0.29) is 16.8 Å². The van der Waals surface area contributed by atoms with Crippen molar-refractivity contribution in [2.45, 2.75) is 43.0 Å². The number of amides is 1. The van der Waals surface area contributed by atoms with E-state index >= 15 is 0 Å². The first-order chi connectivity index (χ1) is 13.5. The van der Waals surface area contributed by atoms with Crippen molar-refractivity contribution in [1.29, 1.82) is 0 Å². The van der Waals surface area contributed by atoms with Crippen LogP contribution in [-0.4, -0.2) is 25.4 Å². The van der Waals surface area contributed by atoms with Crippen molar-refractivity contribution in [3.05, 3.63) is 65.5 Å². The number of carbonyl (C=O) groups excluding carboxylic acids is 1. The number of carbonyl (C=O) groups is 1. The Balaban J connectivity index is 1.54. The molecule has 0 saturated carbocycles. The molecule has 0 bridgehead atoms. The maximum Gasteiger partial charge on any atom is 0.291 e. The van der Waals surface area contributed by atoms with Gasteiger partial charge in [-0.3, -0.25) is 14.5 Å². The number of rotatable bonds is 5. The molecular weight excluding hydrogens is 376 g/mol. The van der Waals surface area contributed by atoms with Crippen LogP contribution in [0.5, 0.6) is 0 Å². The van der Waals surface area contributed by atoms with Crippen LogP contribution < -0.4 is 4.72 Å². The minimum absolute atomic E-state index is 0.108. The molecule has 4 rings (SSSR count). The Hall–Kier alpha value is -2.87. The van der Waals surface area contributed by atoms with Crippen molar-refractivity contribution in [2.24, 2.45) is 10.2 Å². The van der Waals surface area contributed by atoms with Crippen molar-refractivity contribution in [3.63, 3.8) is 0 Å². The van der Waals surface area contributed by atoms with Gasteiger partial charge >= 0.3 is 0 Å². The summed E-state index contributed by atoms with van der Waals surface area (Å²) >= 11 is 0. The summed E-state index contributed by atoms with van der Waals surface area (Å²) < 4.78 is 27.6. The molecule has 1 N–H and O–H groups in total. The average Bonchev–Trinajstić information content (AvgIpc) is 2.71. The van der Waals surface area contributed by atoms with Gasteiger partial charge in [0.1, 0.15) is 4.90 Å². The highest BCUT2D eigenvalue weighted by atomic mass is 32.2. The van der Waals surface area contributed by atoms with Crippen LogP contribution >= 0.6 is 0 Å². The normalized spacial score (nSPS) is 19.4. The number of nitrogens with zero attached hydrogens (tertiary/aromatic N) is 3. The molecule has 2 aliphatic rings. The second-order valence-electron chi connectivity index (χ2n) is 6.95. The van der Waals surface area contributed by atoms with Crippen molar-refractivity contribution in [2.75, 3.05) is 4.72 Å². The van der Waals surface area contributed by atoms with Crippen LogP contribution in [0, 0.1) is 0 Å². The number of anilines is 1. The van der Waals surface area contributed by atoms with Crippen LogP contribution in [0.3, 0.4) is 0 Å². The smallest absolute Gasteiger partial charge is 0.280 e. The molecule has 0 radical (unpaired) electrons. The number of pyridine rings is 1. The number of hydrogen-bond donors (Lipinski definition) is 1. The van der Waals surface area contributed by atoms with Gasteiger partial charge in [0, 0.05) is 30.1 Å². The van der Waals surface area contributed by atoms with E-state index in [4.69, 9.17) is 0 Å². The molecule has 1 atom stereocenters. The van der Waals surface area contributed by atoms with Gasteiger partial charge in [0.05, 0.1) is 6.04 Å². The monoisotopic (exact) mass is 396 g/mol. The first kappa shape index (κ1) is 18.5. The van der Waals surface area contributed by atoms with Gasteiger partial charge in [0.2, 0.25) is 0 Å². The Kier molecular flexibility index (Phi) is 5.04. The molecule has 1 aromatic carbocycles. The third kappa shape index (κ3) is 3.87. The van der Waals surface area contributed by atoms with Crippen LogP contribution in [0.2, 0.25) is 0 Å². The summed E-state index contributed by atoms with van der Waals surface area (Å²) in [4.78, 5) is 15.9. The molecule has 0 fully saturated rings. The van der Waals surface area contributed by atoms with E-state index < -0.39 is 10.0 Å². The van der Waals surface area contributed by atoms with E-state index in [0.29, 0.717) is 12.1 Å². The standard InChI is InChI=1S/C20H20N4O3S/c25-20-18-9-2-1-8-17(18)19(22-23-20)12-14-5-3-6-15(11-14)24-28(26,27)16-7-4-10-21-13-16/h3-7,10-11,13,19,24H,1-2,8-9,12H2. The quantitative estimate of drug-likeness (QED) is 0.833. The second-order valence-corrected chi connectivity index (χ2v) is 8.63. The fourth-order valence-corrected chi connectivity index (χ4v) is 4.67. The van der Waals surface area contributed by atoms with Gasteiger partial charge in [-0.15, -0.1) is 5.11 Å². The Morgan fingerprint density at radius 1 is 1.11 bits per heavy atom. The lowest BCUT2D eigenvalue weighted by Gasteiger charge is -2.25. The van der Waals surface area contributed by atoms with Crippen LogP contribution in [-0.2, 0) is 21.2 Å². The second kappa shape index (κ2) is 7.63. The minimum Gasteiger partial charge on any atom is -0.280 e. The fraction of sp³-hybridized carbons (Fsp3) is 0.300. The number of azo groups is 1. The molecule has 1 aliphatic carbocycles. The van der Waals surface area contributed by atoms with Crippen molar-refractivity contribution >= 4 is 21.6 Å². The van der Waals surface area contributed by atoms with Gasteiger partial charge in [-0.05, 0) is 61.1 Å². The van der Waals surface area contributed by atoms with Crippen molar-refractivity contribution in [1.82, 2.24) is 4.98 Å². The molecule has 0 spiro atoms. The predicted molar refractivity (Wildman–Crippen MR) is 104 cm³/mol. The molecule has 0 saturated heterocycles. The van der Waals surface area contributed by atoms with Crippen LogP contribution in [0.1, 0.15) is 31.2 Å². The Labute approximate surface area is 163 Å². The third-order valence-electron chi connectivity index (χ3n) is 5.01. The van der Waals surface area contributed by atoms with Crippen molar-refractivity contribution < 1.29 is 13.2 Å². The van der Waals surface area contributed by atoms with Gasteiger partial charge in [-0.25, -0.2) is 8.42 Å². The maximum atomic E-state index is 12.5. The number of sulfonamides is 1. The van der Waals surface area contributed by atoms with Crippen LogP contribution in [0.25, 0.3) is 0 Å². The summed E-state index contributed by atoms with van der Waals surface area (Å²) in [6, 6.07) is 10.1. The van der Waals surface area contributed by atoms with Gasteiger partial charge < -0.3 is 0 Å². The zero-order chi connectivity index (χ0) is 19.6. The molecule has 144 valence electrons. The molecule has 2 aromatic rings. The number of aromatic nitrogens is 1. The van der Waals surface area contributed by atoms with Crippen LogP contribution in [0.15, 0.2) is 75.1 Å². The SMILES string of the molecule is O=C1N=NC(Cc2cccc(NS(=O)(=O)c3cccnc3)c2)C2=C1CCCC2. The molecule has 1 amide bonds. The van der Waals surface area contributed by atoms with Crippen LogP contribution in [0.4, 0.5) is 5.69 Å². The van der Waals surface area contributed by atoms with Gasteiger partial charge in [-0.2, -0.15) is 5.11 Å². The van der Waals surface area contributed by atoms with E-state index in [0.717, 1.165) is 42.4 Å². The topological polar surface area (TPSA) is 101 Å². The van der Waals surface area contributed by atoms with E-state index in [9.17, 15) is 13.2 Å². The lowest BCUT2D eigenvalue weighted by atomic mass is 9.84. The molecule has 2 heterocycles. The summed E-state index contributed by atoms with van der Waals surface area (Å²) in [5.74, 6) is -0.205. The average molecular weight is 396 g/mol. The first-order valence-electron chi connectivity index (χ1n) is 9.22. The summed E-state index contributed by atoms with van der Waals surface area (Å²) in [6.45, 7) is 0. The first-order valence-corrected chi connectivity index (χ1v) is 10.7. The molecule has 1 aromatic heterocycles. The van der Waals surface area contributed by atoms with E-state index in [1.807, 2.05) is 6.07 Å². The predicted octanol–water partition coefficient (Wildman–Crippen LogP) is 3.66. The number of hydrogen-bond acceptors (Lipinski definition) is 5. The van der Waals surface area contributed by atoms with Gasteiger partial charge in [-0.1, -0.05) is 12.1 Å². The largest absolute Gasteiger partial charge is 0.291 e. The van der Waals surface area contributed by atoms with E-state index in [2.05, 4.69) is 19.9 Å². The van der Waals surface area contributed by atoms with E-state index in [1.54, 1.807) is 24.3 Å². The minimum atomic E-state index is -3.70. The fourth-order valence-electron chi connectivity index (χ4n) is 3.66. The van der Waals surface area contributed by atoms with E-state index in [1.165, 1.54) is 18.5 Å². The van der Waals surface area contributed by atoms with Crippen molar-refractivity contribution in [3.8, 4) is 0 Å². The molecular formula is C20H20N4O3S. The highest BCUT2D eigenvalue weighted by Gasteiger charge is 2.29. The zero-order valence-corrected chi connectivity index (χ0v) is 16.0. The molecule has 1 aliphatic heterocycles. The summed E-state index contributed by atoms with van der Waals surface area (Å²) in [7, 11) is -3.70. The highest BCUT2D eigenvalue weighted by Crippen LogP contribution is 2.33. The maximum absolute atomic E-state index is 12.5. The zero-order valence-electron chi connectivity index (χ0n) is 15.2. The Bertz CT molecular complexity index is 1060. The molecule has 7 nitrogen and oxygen atoms in total. The molecule has 8 heteroatoms. The Morgan fingerprint density at radius 2 is 1.96 bits per heavy atom. The lowest BCUT2D eigenvalue weighted by Crippen LogP contribution is -2.23. The number of nitrogens with one attached hydrogen (secondary N) is 1. The molecule has 1 unspecified atom stereocenters. The van der Waals surface area contributed by atoms with Gasteiger partial charge in [0.15, 0.2) is 0 Å². The third-order valence-corrected chi connectivity index (χ3v) is 6.38. The summed E-state index contributed by atoms with van der Waals surface area (Å²) in [6.07, 6.45) is 7.13. The number of benzene rings is 1. The molecule has 28 heavy (non-hydrogen) atoms.